The number of rotatable bonds is 11. The number of aromatic hydroxyl groups is 2. The van der Waals surface area contributed by atoms with Crippen LogP contribution in [0.15, 0.2) is 36.4 Å². The van der Waals surface area contributed by atoms with Crippen molar-refractivity contribution in [3.63, 3.8) is 0 Å². The Morgan fingerprint density at radius 2 is 1.84 bits per heavy atom. The Morgan fingerprint density at radius 1 is 1.08 bits per heavy atom. The zero-order valence-corrected chi connectivity index (χ0v) is 22.1. The standard InChI is InChI=1S/C30H38O7/c1-18(17-37-28(33)13-10-21-9-12-25(31)27(14-21)36-4)6-5-7-19(2)23-11-8-20(3)29-24(23)15-22(30(34)35)16-26(29)32/h9-10,12-16,18-20,23,31-32H,5-8,11,17H2,1-4H3,(H,34,35). The predicted octanol–water partition coefficient (Wildman–Crippen LogP) is 6.48. The van der Waals surface area contributed by atoms with Gasteiger partial charge in [0.15, 0.2) is 11.5 Å². The first-order valence-electron chi connectivity index (χ1n) is 12.9. The van der Waals surface area contributed by atoms with E-state index in [1.807, 2.05) is 0 Å². The summed E-state index contributed by atoms with van der Waals surface area (Å²) in [6.07, 6.45) is 7.78. The van der Waals surface area contributed by atoms with Gasteiger partial charge in [0.25, 0.3) is 0 Å². The van der Waals surface area contributed by atoms with E-state index in [1.165, 1.54) is 25.3 Å². The molecule has 1 aliphatic carbocycles. The molecule has 4 unspecified atom stereocenters. The summed E-state index contributed by atoms with van der Waals surface area (Å²) in [6, 6.07) is 7.94. The molecule has 0 fully saturated rings. The van der Waals surface area contributed by atoms with Gasteiger partial charge in [-0.1, -0.05) is 39.7 Å². The summed E-state index contributed by atoms with van der Waals surface area (Å²) < 4.78 is 10.5. The second-order valence-electron chi connectivity index (χ2n) is 10.3. The number of hydrogen-bond donors (Lipinski definition) is 3. The fraction of sp³-hybridized carbons (Fsp3) is 0.467. The molecule has 0 heterocycles. The molecule has 0 radical (unpaired) electrons. The zero-order valence-electron chi connectivity index (χ0n) is 22.1. The fourth-order valence-electron chi connectivity index (χ4n) is 5.25. The first kappa shape index (κ1) is 28.1. The zero-order chi connectivity index (χ0) is 27.1. The quantitative estimate of drug-likeness (QED) is 0.234. The predicted molar refractivity (Wildman–Crippen MR) is 142 cm³/mol. The lowest BCUT2D eigenvalue weighted by molar-refractivity contribution is -0.138. The van der Waals surface area contributed by atoms with Crippen molar-refractivity contribution in [3.05, 3.63) is 58.7 Å². The van der Waals surface area contributed by atoms with Crippen LogP contribution in [-0.2, 0) is 9.53 Å². The largest absolute Gasteiger partial charge is 0.508 e. The van der Waals surface area contributed by atoms with E-state index in [-0.39, 0.29) is 34.8 Å². The maximum Gasteiger partial charge on any atom is 0.335 e. The third-order valence-corrected chi connectivity index (χ3v) is 7.41. The van der Waals surface area contributed by atoms with E-state index < -0.39 is 11.9 Å². The van der Waals surface area contributed by atoms with Crippen LogP contribution in [0.25, 0.3) is 6.08 Å². The molecular weight excluding hydrogens is 472 g/mol. The number of methoxy groups -OCH3 is 1. The number of carboxylic acid groups (broad SMARTS) is 1. The molecule has 0 aromatic heterocycles. The smallest absolute Gasteiger partial charge is 0.335 e. The topological polar surface area (TPSA) is 113 Å². The summed E-state index contributed by atoms with van der Waals surface area (Å²) in [5, 5.41) is 29.6. The van der Waals surface area contributed by atoms with Crippen molar-refractivity contribution >= 4 is 18.0 Å². The summed E-state index contributed by atoms with van der Waals surface area (Å²) in [5.74, 6) is -0.00514. The molecule has 0 saturated heterocycles. The lowest BCUT2D eigenvalue weighted by Gasteiger charge is -2.34. The van der Waals surface area contributed by atoms with Crippen LogP contribution in [0.5, 0.6) is 17.2 Å². The number of phenols is 2. The van der Waals surface area contributed by atoms with Crippen LogP contribution < -0.4 is 4.74 Å². The van der Waals surface area contributed by atoms with Gasteiger partial charge in [-0.05, 0) is 84.4 Å². The summed E-state index contributed by atoms with van der Waals surface area (Å²) in [7, 11) is 1.47. The Kier molecular flexibility index (Phi) is 9.61. The number of esters is 1. The van der Waals surface area contributed by atoms with Crippen molar-refractivity contribution < 1.29 is 34.4 Å². The highest BCUT2D eigenvalue weighted by Gasteiger charge is 2.31. The van der Waals surface area contributed by atoms with Gasteiger partial charge in [-0.15, -0.1) is 0 Å². The molecular formula is C30H38O7. The molecule has 7 heteroatoms. The summed E-state index contributed by atoms with van der Waals surface area (Å²) in [4.78, 5) is 23.7. The van der Waals surface area contributed by atoms with E-state index in [1.54, 1.807) is 24.3 Å². The van der Waals surface area contributed by atoms with Crippen molar-refractivity contribution in [2.24, 2.45) is 11.8 Å². The van der Waals surface area contributed by atoms with Gasteiger partial charge in [-0.2, -0.15) is 0 Å². The third-order valence-electron chi connectivity index (χ3n) is 7.41. The van der Waals surface area contributed by atoms with E-state index in [9.17, 15) is 24.9 Å². The van der Waals surface area contributed by atoms with Gasteiger partial charge in [0.1, 0.15) is 5.75 Å². The number of phenolic OH excluding ortho intramolecular Hbond substituents is 2. The minimum absolute atomic E-state index is 0.0378. The Hall–Kier alpha value is -3.48. The molecule has 0 bridgehead atoms. The average molecular weight is 511 g/mol. The Morgan fingerprint density at radius 3 is 2.54 bits per heavy atom. The Labute approximate surface area is 218 Å². The van der Waals surface area contributed by atoms with Gasteiger partial charge >= 0.3 is 11.9 Å². The van der Waals surface area contributed by atoms with E-state index >= 15 is 0 Å². The van der Waals surface area contributed by atoms with Gasteiger partial charge in [0.2, 0.25) is 0 Å². The molecule has 3 N–H and O–H groups in total. The highest BCUT2D eigenvalue weighted by atomic mass is 16.5. The lowest BCUT2D eigenvalue weighted by Crippen LogP contribution is -2.20. The number of aromatic carboxylic acids is 1. The van der Waals surface area contributed by atoms with Crippen molar-refractivity contribution in [3.8, 4) is 17.2 Å². The second kappa shape index (κ2) is 12.7. The average Bonchev–Trinajstić information content (AvgIpc) is 2.86. The number of carbonyl (C=O) groups excluding carboxylic acids is 1. The first-order chi connectivity index (χ1) is 17.6. The monoisotopic (exact) mass is 510 g/mol. The SMILES string of the molecule is COc1cc(C=CC(=O)OCC(C)CCCC(C)C2CCC(C)c3c(O)cc(C(=O)O)cc32)ccc1O. The minimum Gasteiger partial charge on any atom is -0.508 e. The normalized spacial score (nSPS) is 18.7. The van der Waals surface area contributed by atoms with Crippen LogP contribution in [0.1, 0.15) is 91.8 Å². The first-order valence-corrected chi connectivity index (χ1v) is 12.9. The Balaban J connectivity index is 1.48. The number of carbonyl (C=O) groups is 2. The number of fused-ring (bicyclic) bond motifs is 1. The third kappa shape index (κ3) is 7.28. The van der Waals surface area contributed by atoms with Gasteiger partial charge < -0.3 is 24.8 Å². The summed E-state index contributed by atoms with van der Waals surface area (Å²) in [5.41, 5.74) is 2.73. The van der Waals surface area contributed by atoms with Crippen LogP contribution in [0, 0.1) is 11.8 Å². The molecule has 0 spiro atoms. The maximum atomic E-state index is 12.1. The molecule has 3 rings (SSSR count). The van der Waals surface area contributed by atoms with E-state index in [4.69, 9.17) is 9.47 Å². The molecule has 4 atom stereocenters. The summed E-state index contributed by atoms with van der Waals surface area (Å²) >= 11 is 0. The van der Waals surface area contributed by atoms with Gasteiger partial charge in [0.05, 0.1) is 19.3 Å². The van der Waals surface area contributed by atoms with Gasteiger partial charge in [-0.25, -0.2) is 9.59 Å². The van der Waals surface area contributed by atoms with Crippen LogP contribution in [0.3, 0.4) is 0 Å². The van der Waals surface area contributed by atoms with Crippen LogP contribution in [0.4, 0.5) is 0 Å². The second-order valence-corrected chi connectivity index (χ2v) is 10.3. The Bertz CT molecular complexity index is 1140. The summed E-state index contributed by atoms with van der Waals surface area (Å²) in [6.45, 7) is 6.67. The number of ether oxygens (including phenoxy) is 2. The van der Waals surface area contributed by atoms with Crippen LogP contribution in [0.2, 0.25) is 0 Å². The number of benzene rings is 2. The molecule has 0 amide bonds. The van der Waals surface area contributed by atoms with Crippen LogP contribution >= 0.6 is 0 Å². The molecule has 37 heavy (non-hydrogen) atoms. The number of carboxylic acids is 1. The van der Waals surface area contributed by atoms with Crippen molar-refractivity contribution in [2.75, 3.05) is 13.7 Å². The van der Waals surface area contributed by atoms with Crippen molar-refractivity contribution in [1.82, 2.24) is 0 Å². The molecule has 0 saturated carbocycles. The highest BCUT2D eigenvalue weighted by Crippen LogP contribution is 2.47. The van der Waals surface area contributed by atoms with Crippen molar-refractivity contribution in [1.29, 1.82) is 0 Å². The van der Waals surface area contributed by atoms with E-state index in [0.717, 1.165) is 48.8 Å². The number of hydrogen-bond acceptors (Lipinski definition) is 6. The highest BCUT2D eigenvalue weighted by molar-refractivity contribution is 5.89. The molecule has 200 valence electrons. The van der Waals surface area contributed by atoms with Gasteiger partial charge in [-0.3, -0.25) is 0 Å². The lowest BCUT2D eigenvalue weighted by atomic mass is 9.70. The molecule has 0 aliphatic heterocycles. The van der Waals surface area contributed by atoms with E-state index in [0.29, 0.717) is 18.3 Å². The maximum absolute atomic E-state index is 12.1. The molecule has 1 aliphatic rings. The van der Waals surface area contributed by atoms with Crippen molar-refractivity contribution in [2.45, 2.75) is 64.7 Å². The fourth-order valence-corrected chi connectivity index (χ4v) is 5.25. The van der Waals surface area contributed by atoms with Gasteiger partial charge in [0, 0.05) is 11.6 Å². The molecule has 2 aromatic rings. The van der Waals surface area contributed by atoms with Crippen LogP contribution in [-0.4, -0.2) is 41.0 Å². The molecule has 2 aromatic carbocycles. The minimum atomic E-state index is -1.02. The molecule has 7 nitrogen and oxygen atoms in total. The van der Waals surface area contributed by atoms with E-state index in [2.05, 4.69) is 20.8 Å².